The van der Waals surface area contributed by atoms with Gasteiger partial charge in [-0.25, -0.2) is 4.98 Å². The Balaban J connectivity index is 1.54. The predicted molar refractivity (Wildman–Crippen MR) is 134 cm³/mol. The van der Waals surface area contributed by atoms with Gasteiger partial charge in [0.25, 0.3) is 0 Å². The topological polar surface area (TPSA) is 52.4 Å². The van der Waals surface area contributed by atoms with Crippen molar-refractivity contribution < 1.29 is 4.74 Å². The van der Waals surface area contributed by atoms with E-state index in [1.807, 2.05) is 24.3 Å². The number of aromatic nitrogens is 1. The maximum Gasteiger partial charge on any atom is 0.147 e. The normalized spacial score (nSPS) is 14.2. The Bertz CT molecular complexity index is 1200. The maximum atomic E-state index is 9.82. The number of fused-ring (bicyclic) bond motifs is 1. The van der Waals surface area contributed by atoms with Crippen molar-refractivity contribution in [1.29, 1.82) is 5.26 Å². The number of rotatable bonds is 4. The molecule has 1 aliphatic rings. The van der Waals surface area contributed by atoms with Crippen LogP contribution in [0.2, 0.25) is 0 Å². The molecule has 1 saturated heterocycles. The summed E-state index contributed by atoms with van der Waals surface area (Å²) >= 11 is 5.80. The quantitative estimate of drug-likeness (QED) is 0.538. The molecule has 3 aromatic rings. The largest absolute Gasteiger partial charge is 0.496 e. The van der Waals surface area contributed by atoms with Gasteiger partial charge in [0.15, 0.2) is 0 Å². The van der Waals surface area contributed by atoms with Gasteiger partial charge in [0.05, 0.1) is 23.2 Å². The number of pyridine rings is 1. The number of benzene rings is 2. The van der Waals surface area contributed by atoms with Crippen LogP contribution in [0.1, 0.15) is 28.7 Å². The van der Waals surface area contributed by atoms with Gasteiger partial charge >= 0.3 is 0 Å². The van der Waals surface area contributed by atoms with Gasteiger partial charge in [0.1, 0.15) is 17.6 Å². The number of nitrogens with zero attached hydrogens (tertiary/aromatic N) is 4. The van der Waals surface area contributed by atoms with E-state index in [4.69, 9.17) is 21.9 Å². The molecule has 0 amide bonds. The molecule has 2 aromatic carbocycles. The number of thiocarbonyl (C=S) groups is 1. The predicted octanol–water partition coefficient (Wildman–Crippen LogP) is 4.81. The standard InChI is InChI=1S/C26H28N4OS/c1-18-13-19(2)22-15-21(17-27)26(28-23(22)14-18)30-10-6-9-29(11-12-30)25(32)16-20-7-4-5-8-24(20)31-3/h4-5,7-8,13-15H,6,9-12,16H2,1-3H3. The number of ether oxygens (including phenoxy) is 1. The summed E-state index contributed by atoms with van der Waals surface area (Å²) in [4.78, 5) is 10.4. The van der Waals surface area contributed by atoms with E-state index in [2.05, 4.69) is 47.9 Å². The summed E-state index contributed by atoms with van der Waals surface area (Å²) in [6, 6.07) is 16.6. The second-order valence-electron chi connectivity index (χ2n) is 8.33. The molecule has 164 valence electrons. The number of anilines is 1. The molecule has 1 aliphatic heterocycles. The van der Waals surface area contributed by atoms with Crippen LogP contribution in [0.5, 0.6) is 5.75 Å². The molecule has 6 heteroatoms. The molecule has 0 atom stereocenters. The molecule has 32 heavy (non-hydrogen) atoms. The second-order valence-corrected chi connectivity index (χ2v) is 8.80. The van der Waals surface area contributed by atoms with Crippen LogP contribution in [0, 0.1) is 25.2 Å². The molecule has 4 rings (SSSR count). The highest BCUT2D eigenvalue weighted by Gasteiger charge is 2.21. The zero-order chi connectivity index (χ0) is 22.7. The molecular formula is C26H28N4OS. The fourth-order valence-electron chi connectivity index (χ4n) is 4.45. The summed E-state index contributed by atoms with van der Waals surface area (Å²) < 4.78 is 5.49. The Morgan fingerprint density at radius 3 is 2.72 bits per heavy atom. The molecule has 2 heterocycles. The third kappa shape index (κ3) is 4.53. The highest BCUT2D eigenvalue weighted by Crippen LogP contribution is 2.27. The molecular weight excluding hydrogens is 416 g/mol. The van der Waals surface area contributed by atoms with Crippen LogP contribution >= 0.6 is 12.2 Å². The van der Waals surface area contributed by atoms with E-state index in [1.54, 1.807) is 7.11 Å². The SMILES string of the molecule is COc1ccccc1CC(=S)N1CCCN(c2nc3cc(C)cc(C)c3cc2C#N)CC1. The van der Waals surface area contributed by atoms with Crippen molar-refractivity contribution in [3.05, 3.63) is 64.7 Å². The Kier molecular flexibility index (Phi) is 6.57. The summed E-state index contributed by atoms with van der Waals surface area (Å²) in [6.07, 6.45) is 1.65. The number of nitriles is 1. The van der Waals surface area contributed by atoms with Crippen molar-refractivity contribution >= 4 is 33.9 Å². The van der Waals surface area contributed by atoms with Gasteiger partial charge < -0.3 is 14.5 Å². The van der Waals surface area contributed by atoms with E-state index >= 15 is 0 Å². The fourth-order valence-corrected chi connectivity index (χ4v) is 4.78. The minimum absolute atomic E-state index is 0.634. The average Bonchev–Trinajstić information content (AvgIpc) is 3.05. The summed E-state index contributed by atoms with van der Waals surface area (Å²) in [5, 5.41) is 10.9. The van der Waals surface area contributed by atoms with E-state index in [1.165, 1.54) is 5.56 Å². The van der Waals surface area contributed by atoms with Crippen molar-refractivity contribution in [1.82, 2.24) is 9.88 Å². The lowest BCUT2D eigenvalue weighted by Gasteiger charge is -2.25. The van der Waals surface area contributed by atoms with Crippen molar-refractivity contribution in [2.45, 2.75) is 26.7 Å². The molecule has 0 unspecified atom stereocenters. The Labute approximate surface area is 195 Å². The summed E-state index contributed by atoms with van der Waals surface area (Å²) in [7, 11) is 1.69. The first-order valence-electron chi connectivity index (χ1n) is 11.0. The summed E-state index contributed by atoms with van der Waals surface area (Å²) in [5.74, 6) is 1.65. The van der Waals surface area contributed by atoms with Gasteiger partial charge in [0, 0.05) is 43.5 Å². The lowest BCUT2D eigenvalue weighted by Crippen LogP contribution is -2.35. The number of hydrogen-bond donors (Lipinski definition) is 0. The third-order valence-corrected chi connectivity index (χ3v) is 6.47. The van der Waals surface area contributed by atoms with Crippen LogP contribution < -0.4 is 9.64 Å². The van der Waals surface area contributed by atoms with E-state index in [-0.39, 0.29) is 0 Å². The van der Waals surface area contributed by atoms with Crippen molar-refractivity contribution in [3.63, 3.8) is 0 Å². The van der Waals surface area contributed by atoms with Crippen molar-refractivity contribution in [2.75, 3.05) is 38.2 Å². The van der Waals surface area contributed by atoms with Gasteiger partial charge in [-0.3, -0.25) is 0 Å². The Morgan fingerprint density at radius 2 is 1.94 bits per heavy atom. The third-order valence-electron chi connectivity index (χ3n) is 6.07. The molecule has 0 spiro atoms. The van der Waals surface area contributed by atoms with E-state index in [0.717, 1.165) is 71.2 Å². The Morgan fingerprint density at radius 1 is 1.12 bits per heavy atom. The highest BCUT2D eigenvalue weighted by molar-refractivity contribution is 7.80. The first kappa shape index (κ1) is 22.0. The molecule has 0 saturated carbocycles. The Hall–Kier alpha value is -3.17. The monoisotopic (exact) mass is 444 g/mol. The maximum absolute atomic E-state index is 9.82. The summed E-state index contributed by atoms with van der Waals surface area (Å²) in [6.45, 7) is 7.50. The van der Waals surface area contributed by atoms with Crippen LogP contribution in [0.3, 0.4) is 0 Å². The lowest BCUT2D eigenvalue weighted by atomic mass is 10.0. The number of para-hydroxylation sites is 1. The summed E-state index contributed by atoms with van der Waals surface area (Å²) in [5.41, 5.74) is 5.02. The molecule has 0 aliphatic carbocycles. The number of hydrogen-bond acceptors (Lipinski definition) is 5. The average molecular weight is 445 g/mol. The number of methoxy groups -OCH3 is 1. The molecule has 1 aromatic heterocycles. The van der Waals surface area contributed by atoms with Crippen LogP contribution in [0.15, 0.2) is 42.5 Å². The molecule has 1 fully saturated rings. The lowest BCUT2D eigenvalue weighted by molar-refractivity contribution is 0.409. The second kappa shape index (κ2) is 9.54. The minimum atomic E-state index is 0.634. The van der Waals surface area contributed by atoms with Gasteiger partial charge in [-0.05, 0) is 49.6 Å². The molecule has 0 N–H and O–H groups in total. The first-order valence-corrected chi connectivity index (χ1v) is 11.4. The number of aryl methyl sites for hydroxylation is 2. The zero-order valence-corrected chi connectivity index (χ0v) is 19.7. The van der Waals surface area contributed by atoms with Crippen LogP contribution in [-0.2, 0) is 6.42 Å². The molecule has 5 nitrogen and oxygen atoms in total. The van der Waals surface area contributed by atoms with E-state index in [0.29, 0.717) is 12.0 Å². The van der Waals surface area contributed by atoms with Gasteiger partial charge in [-0.1, -0.05) is 36.5 Å². The smallest absolute Gasteiger partial charge is 0.147 e. The van der Waals surface area contributed by atoms with Gasteiger partial charge in [-0.15, -0.1) is 0 Å². The van der Waals surface area contributed by atoms with Crippen molar-refractivity contribution in [2.24, 2.45) is 0 Å². The van der Waals surface area contributed by atoms with Crippen LogP contribution in [0.4, 0.5) is 5.82 Å². The van der Waals surface area contributed by atoms with Gasteiger partial charge in [-0.2, -0.15) is 5.26 Å². The van der Waals surface area contributed by atoms with E-state index in [9.17, 15) is 5.26 Å². The van der Waals surface area contributed by atoms with E-state index < -0.39 is 0 Å². The fraction of sp³-hybridized carbons (Fsp3) is 0.346. The zero-order valence-electron chi connectivity index (χ0n) is 18.9. The first-order chi connectivity index (χ1) is 15.5. The molecule has 0 bridgehead atoms. The van der Waals surface area contributed by atoms with Crippen molar-refractivity contribution in [3.8, 4) is 11.8 Å². The minimum Gasteiger partial charge on any atom is -0.496 e. The van der Waals surface area contributed by atoms with Crippen LogP contribution in [-0.4, -0.2) is 48.2 Å². The van der Waals surface area contributed by atoms with Gasteiger partial charge in [0.2, 0.25) is 0 Å². The highest BCUT2D eigenvalue weighted by atomic mass is 32.1. The molecule has 0 radical (unpaired) electrons. The van der Waals surface area contributed by atoms with Crippen LogP contribution in [0.25, 0.3) is 10.9 Å².